The van der Waals surface area contributed by atoms with E-state index in [1.165, 1.54) is 31.4 Å². The summed E-state index contributed by atoms with van der Waals surface area (Å²) < 4.78 is 18.5. The molecule has 20 heavy (non-hydrogen) atoms. The molecular formula is C15H18FN3O. The molecule has 106 valence electrons. The van der Waals surface area contributed by atoms with Crippen LogP contribution in [0, 0.1) is 11.7 Å². The fourth-order valence-electron chi connectivity index (χ4n) is 2.81. The Labute approximate surface area is 117 Å². The summed E-state index contributed by atoms with van der Waals surface area (Å²) in [5.41, 5.74) is 6.83. The maximum absolute atomic E-state index is 13.2. The molecule has 0 saturated heterocycles. The predicted molar refractivity (Wildman–Crippen MR) is 73.2 cm³/mol. The third-order valence-corrected chi connectivity index (χ3v) is 3.97. The Kier molecular flexibility index (Phi) is 3.78. The number of halogens is 1. The molecule has 0 radical (unpaired) electrons. The first-order valence-corrected chi connectivity index (χ1v) is 7.09. The number of rotatable bonds is 3. The zero-order chi connectivity index (χ0) is 13.9. The van der Waals surface area contributed by atoms with Crippen molar-refractivity contribution in [3.05, 3.63) is 36.0 Å². The summed E-state index contributed by atoms with van der Waals surface area (Å²) in [5, 5.41) is 3.91. The van der Waals surface area contributed by atoms with Gasteiger partial charge in [0.1, 0.15) is 5.82 Å². The van der Waals surface area contributed by atoms with Crippen molar-refractivity contribution in [2.45, 2.75) is 38.1 Å². The molecule has 0 bridgehead atoms. The van der Waals surface area contributed by atoms with Crippen molar-refractivity contribution in [3.8, 4) is 11.4 Å². The minimum absolute atomic E-state index is 0.217. The quantitative estimate of drug-likeness (QED) is 0.931. The molecule has 0 spiro atoms. The van der Waals surface area contributed by atoms with Crippen LogP contribution in [0.5, 0.6) is 0 Å². The van der Waals surface area contributed by atoms with Crippen LogP contribution in [0.25, 0.3) is 11.4 Å². The van der Waals surface area contributed by atoms with Gasteiger partial charge in [-0.3, -0.25) is 0 Å². The van der Waals surface area contributed by atoms with E-state index in [0.29, 0.717) is 23.2 Å². The fourth-order valence-corrected chi connectivity index (χ4v) is 2.81. The zero-order valence-electron chi connectivity index (χ0n) is 11.3. The number of hydrogen-bond donors (Lipinski definition) is 1. The molecule has 1 atom stereocenters. The van der Waals surface area contributed by atoms with Crippen molar-refractivity contribution in [2.24, 2.45) is 11.7 Å². The standard InChI is InChI=1S/C15H18FN3O/c16-12-8-4-7-11(9-12)14-18-15(20-19-14)13(17)10-5-2-1-3-6-10/h4,7-10,13H,1-3,5-6,17H2. The average molecular weight is 275 g/mol. The van der Waals surface area contributed by atoms with E-state index in [1.54, 1.807) is 12.1 Å². The minimum Gasteiger partial charge on any atom is -0.337 e. The first kappa shape index (κ1) is 13.2. The summed E-state index contributed by atoms with van der Waals surface area (Å²) in [5.74, 6) is 0.942. The Morgan fingerprint density at radius 2 is 2.05 bits per heavy atom. The second-order valence-electron chi connectivity index (χ2n) is 5.39. The molecular weight excluding hydrogens is 257 g/mol. The Hall–Kier alpha value is -1.75. The maximum atomic E-state index is 13.2. The van der Waals surface area contributed by atoms with Gasteiger partial charge in [-0.15, -0.1) is 0 Å². The lowest BCUT2D eigenvalue weighted by Gasteiger charge is -2.24. The Morgan fingerprint density at radius 1 is 1.25 bits per heavy atom. The van der Waals surface area contributed by atoms with Crippen LogP contribution in [0.15, 0.2) is 28.8 Å². The number of hydrogen-bond acceptors (Lipinski definition) is 4. The van der Waals surface area contributed by atoms with Crippen molar-refractivity contribution in [1.82, 2.24) is 10.1 Å². The van der Waals surface area contributed by atoms with Crippen molar-refractivity contribution in [2.75, 3.05) is 0 Å². The highest BCUT2D eigenvalue weighted by molar-refractivity contribution is 5.53. The van der Waals surface area contributed by atoms with Crippen LogP contribution < -0.4 is 5.73 Å². The topological polar surface area (TPSA) is 64.9 Å². The highest BCUT2D eigenvalue weighted by Crippen LogP contribution is 2.32. The van der Waals surface area contributed by atoms with E-state index in [0.717, 1.165) is 12.8 Å². The molecule has 1 fully saturated rings. The summed E-state index contributed by atoms with van der Waals surface area (Å²) in [4.78, 5) is 4.33. The lowest BCUT2D eigenvalue weighted by molar-refractivity contribution is 0.255. The van der Waals surface area contributed by atoms with Crippen molar-refractivity contribution in [1.29, 1.82) is 0 Å². The highest BCUT2D eigenvalue weighted by atomic mass is 19.1. The van der Waals surface area contributed by atoms with Crippen LogP contribution in [0.1, 0.15) is 44.0 Å². The number of nitrogens with zero attached hydrogens (tertiary/aromatic N) is 2. The monoisotopic (exact) mass is 275 g/mol. The molecule has 3 rings (SSSR count). The molecule has 2 N–H and O–H groups in total. The molecule has 1 saturated carbocycles. The van der Waals surface area contributed by atoms with E-state index >= 15 is 0 Å². The largest absolute Gasteiger partial charge is 0.337 e. The molecule has 1 heterocycles. The van der Waals surface area contributed by atoms with Gasteiger partial charge >= 0.3 is 0 Å². The van der Waals surface area contributed by atoms with Crippen LogP contribution >= 0.6 is 0 Å². The molecule has 1 aliphatic carbocycles. The summed E-state index contributed by atoms with van der Waals surface area (Å²) in [7, 11) is 0. The average Bonchev–Trinajstić information content (AvgIpc) is 2.97. The van der Waals surface area contributed by atoms with Crippen LogP contribution in [-0.2, 0) is 0 Å². The summed E-state index contributed by atoms with van der Waals surface area (Å²) >= 11 is 0. The smallest absolute Gasteiger partial charge is 0.244 e. The van der Waals surface area contributed by atoms with Crippen LogP contribution in [-0.4, -0.2) is 10.1 Å². The molecule has 1 unspecified atom stereocenters. The molecule has 1 aromatic carbocycles. The van der Waals surface area contributed by atoms with E-state index in [1.807, 2.05) is 0 Å². The molecule has 2 aromatic rings. The van der Waals surface area contributed by atoms with Gasteiger partial charge in [-0.25, -0.2) is 4.39 Å². The molecule has 1 aliphatic rings. The zero-order valence-corrected chi connectivity index (χ0v) is 11.3. The lowest BCUT2D eigenvalue weighted by Crippen LogP contribution is -2.23. The summed E-state index contributed by atoms with van der Waals surface area (Å²) in [6, 6.07) is 5.94. The van der Waals surface area contributed by atoms with Crippen molar-refractivity contribution >= 4 is 0 Å². The third-order valence-electron chi connectivity index (χ3n) is 3.97. The first-order valence-electron chi connectivity index (χ1n) is 7.09. The van der Waals surface area contributed by atoms with Gasteiger partial charge in [0.05, 0.1) is 6.04 Å². The van der Waals surface area contributed by atoms with Gasteiger partial charge in [0.2, 0.25) is 11.7 Å². The molecule has 1 aromatic heterocycles. The summed E-state index contributed by atoms with van der Waals surface area (Å²) in [6.45, 7) is 0. The lowest BCUT2D eigenvalue weighted by atomic mass is 9.84. The minimum atomic E-state index is -0.314. The highest BCUT2D eigenvalue weighted by Gasteiger charge is 2.26. The number of benzene rings is 1. The van der Waals surface area contributed by atoms with Crippen molar-refractivity contribution in [3.63, 3.8) is 0 Å². The number of nitrogens with two attached hydrogens (primary N) is 1. The number of aromatic nitrogens is 2. The molecule has 5 heteroatoms. The van der Waals surface area contributed by atoms with E-state index in [9.17, 15) is 4.39 Å². The fraction of sp³-hybridized carbons (Fsp3) is 0.467. The normalized spacial score (nSPS) is 18.1. The van der Waals surface area contributed by atoms with Crippen LogP contribution in [0.2, 0.25) is 0 Å². The van der Waals surface area contributed by atoms with Gasteiger partial charge < -0.3 is 10.3 Å². The maximum Gasteiger partial charge on any atom is 0.244 e. The van der Waals surface area contributed by atoms with Crippen LogP contribution in [0.3, 0.4) is 0 Å². The molecule has 0 aliphatic heterocycles. The third kappa shape index (κ3) is 2.72. The van der Waals surface area contributed by atoms with E-state index in [2.05, 4.69) is 10.1 Å². The van der Waals surface area contributed by atoms with Gasteiger partial charge in [0, 0.05) is 5.56 Å². The van der Waals surface area contributed by atoms with Gasteiger partial charge in [0.15, 0.2) is 0 Å². The van der Waals surface area contributed by atoms with E-state index < -0.39 is 0 Å². The van der Waals surface area contributed by atoms with E-state index in [-0.39, 0.29) is 11.9 Å². The SMILES string of the molecule is NC(c1nc(-c2cccc(F)c2)no1)C1CCCCC1. The van der Waals surface area contributed by atoms with Gasteiger partial charge in [-0.05, 0) is 30.9 Å². The molecule has 0 amide bonds. The first-order chi connectivity index (χ1) is 9.74. The second kappa shape index (κ2) is 5.71. The van der Waals surface area contributed by atoms with E-state index in [4.69, 9.17) is 10.3 Å². The van der Waals surface area contributed by atoms with Gasteiger partial charge in [0.25, 0.3) is 0 Å². The predicted octanol–water partition coefficient (Wildman–Crippen LogP) is 3.46. The molecule has 4 nitrogen and oxygen atoms in total. The van der Waals surface area contributed by atoms with Crippen molar-refractivity contribution < 1.29 is 8.91 Å². The van der Waals surface area contributed by atoms with Crippen LogP contribution in [0.4, 0.5) is 4.39 Å². The Bertz CT molecular complexity index is 578. The summed E-state index contributed by atoms with van der Waals surface area (Å²) in [6.07, 6.45) is 5.92. The van der Waals surface area contributed by atoms with Gasteiger partial charge in [-0.1, -0.05) is 36.6 Å². The second-order valence-corrected chi connectivity index (χ2v) is 5.39. The Balaban J connectivity index is 1.79. The Morgan fingerprint density at radius 3 is 2.80 bits per heavy atom. The van der Waals surface area contributed by atoms with Gasteiger partial charge in [-0.2, -0.15) is 4.98 Å².